The molecular weight excluding hydrogens is 272 g/mol. The molecule has 0 aliphatic carbocycles. The maximum absolute atomic E-state index is 12.8. The van der Waals surface area contributed by atoms with Crippen molar-refractivity contribution in [2.45, 2.75) is 38.8 Å². The molecule has 0 saturated carbocycles. The van der Waals surface area contributed by atoms with Crippen molar-refractivity contribution in [1.29, 1.82) is 0 Å². The van der Waals surface area contributed by atoms with Gasteiger partial charge in [-0.1, -0.05) is 0 Å². The molecule has 1 aromatic rings. The van der Waals surface area contributed by atoms with Crippen LogP contribution >= 0.6 is 0 Å². The van der Waals surface area contributed by atoms with Gasteiger partial charge in [-0.2, -0.15) is 0 Å². The van der Waals surface area contributed by atoms with Crippen molar-refractivity contribution in [2.24, 2.45) is 0 Å². The third-order valence-electron chi connectivity index (χ3n) is 3.98. The van der Waals surface area contributed by atoms with Gasteiger partial charge >= 0.3 is 0 Å². The second-order valence-corrected chi connectivity index (χ2v) is 5.33. The van der Waals surface area contributed by atoms with E-state index in [2.05, 4.69) is 5.32 Å². The topological polar surface area (TPSA) is 80.4 Å². The number of likely N-dealkylation sites (N-methyl/N-ethyl adjacent to an activating group) is 1. The fourth-order valence-electron chi connectivity index (χ4n) is 2.90. The fraction of sp³-hybridized carbons (Fsp3) is 0.643. The van der Waals surface area contributed by atoms with Crippen LogP contribution in [0.5, 0.6) is 0 Å². The molecule has 21 heavy (non-hydrogen) atoms. The Hall–Kier alpha value is -1.89. The van der Waals surface area contributed by atoms with E-state index >= 15 is 0 Å². The number of rotatable bonds is 5. The highest BCUT2D eigenvalue weighted by atomic mass is 16.6. The van der Waals surface area contributed by atoms with Crippen molar-refractivity contribution in [3.05, 3.63) is 28.1 Å². The Balaban J connectivity index is 2.27. The van der Waals surface area contributed by atoms with Gasteiger partial charge in [0.15, 0.2) is 0 Å². The molecule has 0 bridgehead atoms. The van der Waals surface area contributed by atoms with Gasteiger partial charge in [-0.25, -0.2) is 0 Å². The summed E-state index contributed by atoms with van der Waals surface area (Å²) >= 11 is 0. The largest absolute Gasteiger partial charge is 0.337 e. The zero-order valence-corrected chi connectivity index (χ0v) is 12.5. The highest BCUT2D eigenvalue weighted by Crippen LogP contribution is 2.23. The first kappa shape index (κ1) is 15.5. The van der Waals surface area contributed by atoms with Crippen LogP contribution in [0.1, 0.15) is 36.7 Å². The standard InChI is InChI=1S/C14H22N4O3/c1-3-16-10-12(18(20)21)8-13(16)14(19)17-7-5-4-6-11(17)9-15-2/h8,10-11,15H,3-7,9H2,1-2H3. The maximum atomic E-state index is 12.8. The fourth-order valence-corrected chi connectivity index (χ4v) is 2.90. The van der Waals surface area contributed by atoms with Crippen LogP contribution in [0.4, 0.5) is 5.69 Å². The number of likely N-dealkylation sites (tertiary alicyclic amines) is 1. The molecule has 2 rings (SSSR count). The summed E-state index contributed by atoms with van der Waals surface area (Å²) in [6.07, 6.45) is 4.51. The predicted octanol–water partition coefficient (Wildman–Crippen LogP) is 1.63. The minimum absolute atomic E-state index is 0.0256. The number of amides is 1. The number of carbonyl (C=O) groups is 1. The van der Waals surface area contributed by atoms with Gasteiger partial charge in [0.25, 0.3) is 11.6 Å². The minimum atomic E-state index is -0.454. The van der Waals surface area contributed by atoms with E-state index in [9.17, 15) is 14.9 Å². The third kappa shape index (κ3) is 3.24. The number of nitrogens with one attached hydrogen (secondary N) is 1. The molecule has 0 spiro atoms. The summed E-state index contributed by atoms with van der Waals surface area (Å²) in [5, 5.41) is 14.0. The lowest BCUT2D eigenvalue weighted by molar-refractivity contribution is -0.384. The number of aromatic nitrogens is 1. The van der Waals surface area contributed by atoms with Crippen molar-refractivity contribution in [3.8, 4) is 0 Å². The molecule has 7 nitrogen and oxygen atoms in total. The molecule has 1 unspecified atom stereocenters. The monoisotopic (exact) mass is 294 g/mol. The molecule has 1 atom stereocenters. The van der Waals surface area contributed by atoms with Crippen LogP contribution in [0.2, 0.25) is 0 Å². The molecule has 7 heteroatoms. The molecule has 1 aliphatic rings. The molecule has 1 aromatic heterocycles. The average Bonchev–Trinajstić information content (AvgIpc) is 2.92. The average molecular weight is 294 g/mol. The first-order chi connectivity index (χ1) is 10.1. The number of piperidine rings is 1. The van der Waals surface area contributed by atoms with Gasteiger partial charge < -0.3 is 14.8 Å². The summed E-state index contributed by atoms with van der Waals surface area (Å²) in [6, 6.07) is 1.55. The van der Waals surface area contributed by atoms with E-state index in [1.54, 1.807) is 4.57 Å². The summed E-state index contributed by atoms with van der Waals surface area (Å²) in [7, 11) is 1.87. The van der Waals surface area contributed by atoms with E-state index in [1.165, 1.54) is 12.3 Å². The molecule has 1 amide bonds. The lowest BCUT2D eigenvalue weighted by Crippen LogP contribution is -2.48. The molecule has 2 heterocycles. The SMILES string of the molecule is CCn1cc([N+](=O)[O-])cc1C(=O)N1CCCCC1CNC. The van der Waals surface area contributed by atoms with Gasteiger partial charge in [-0.3, -0.25) is 14.9 Å². The summed E-state index contributed by atoms with van der Waals surface area (Å²) in [5.41, 5.74) is 0.384. The second kappa shape index (κ2) is 6.71. The highest BCUT2D eigenvalue weighted by Gasteiger charge is 2.30. The summed E-state index contributed by atoms with van der Waals surface area (Å²) in [5.74, 6) is -0.107. The van der Waals surface area contributed by atoms with E-state index < -0.39 is 4.92 Å². The Morgan fingerprint density at radius 2 is 2.29 bits per heavy atom. The lowest BCUT2D eigenvalue weighted by atomic mass is 10.0. The smallest absolute Gasteiger partial charge is 0.287 e. The number of nitro groups is 1. The number of aryl methyl sites for hydroxylation is 1. The molecule has 1 saturated heterocycles. The first-order valence-corrected chi connectivity index (χ1v) is 7.38. The van der Waals surface area contributed by atoms with Gasteiger partial charge in [0.05, 0.1) is 11.1 Å². The summed E-state index contributed by atoms with van der Waals surface area (Å²) in [6.45, 7) is 3.88. The molecule has 1 aliphatic heterocycles. The van der Waals surface area contributed by atoms with Crippen molar-refractivity contribution in [3.63, 3.8) is 0 Å². The van der Waals surface area contributed by atoms with Gasteiger partial charge in [-0.15, -0.1) is 0 Å². The van der Waals surface area contributed by atoms with Gasteiger partial charge in [0.2, 0.25) is 0 Å². The molecule has 0 radical (unpaired) electrons. The third-order valence-corrected chi connectivity index (χ3v) is 3.98. The van der Waals surface area contributed by atoms with Crippen LogP contribution in [0.25, 0.3) is 0 Å². The van der Waals surface area contributed by atoms with E-state index in [4.69, 9.17) is 0 Å². The Labute approximate surface area is 124 Å². The molecular formula is C14H22N4O3. The highest BCUT2D eigenvalue weighted by molar-refractivity contribution is 5.94. The van der Waals surface area contributed by atoms with Gasteiger partial charge in [-0.05, 0) is 33.2 Å². The molecule has 0 aromatic carbocycles. The number of hydrogen-bond acceptors (Lipinski definition) is 4. The lowest BCUT2D eigenvalue weighted by Gasteiger charge is -2.35. The van der Waals surface area contributed by atoms with E-state index in [0.29, 0.717) is 18.8 Å². The van der Waals surface area contributed by atoms with Crippen LogP contribution in [-0.4, -0.2) is 46.5 Å². The van der Waals surface area contributed by atoms with Crippen LogP contribution in [0.3, 0.4) is 0 Å². The Bertz CT molecular complexity index is 524. The van der Waals surface area contributed by atoms with E-state index in [1.807, 2.05) is 18.9 Å². The Morgan fingerprint density at radius 3 is 2.90 bits per heavy atom. The molecule has 116 valence electrons. The zero-order valence-electron chi connectivity index (χ0n) is 12.5. The van der Waals surface area contributed by atoms with E-state index in [0.717, 1.165) is 25.8 Å². The Kier molecular flexibility index (Phi) is 4.95. The van der Waals surface area contributed by atoms with E-state index in [-0.39, 0.29) is 17.6 Å². The van der Waals surface area contributed by atoms with Crippen molar-refractivity contribution in [2.75, 3.05) is 20.1 Å². The normalized spacial score (nSPS) is 18.8. The quantitative estimate of drug-likeness (QED) is 0.661. The molecule has 1 fully saturated rings. The summed E-state index contributed by atoms with van der Waals surface area (Å²) < 4.78 is 1.66. The van der Waals surface area contributed by atoms with Crippen molar-refractivity contribution in [1.82, 2.24) is 14.8 Å². The number of carbonyl (C=O) groups excluding carboxylic acids is 1. The first-order valence-electron chi connectivity index (χ1n) is 7.38. The van der Waals surface area contributed by atoms with Crippen LogP contribution in [-0.2, 0) is 6.54 Å². The maximum Gasteiger partial charge on any atom is 0.287 e. The predicted molar refractivity (Wildman–Crippen MR) is 79.4 cm³/mol. The summed E-state index contributed by atoms with van der Waals surface area (Å²) in [4.78, 5) is 25.1. The van der Waals surface area contributed by atoms with Crippen molar-refractivity contribution < 1.29 is 9.72 Å². The minimum Gasteiger partial charge on any atom is -0.337 e. The molecule has 1 N–H and O–H groups in total. The van der Waals surface area contributed by atoms with Crippen LogP contribution in [0, 0.1) is 10.1 Å². The van der Waals surface area contributed by atoms with Gasteiger partial charge in [0, 0.05) is 31.7 Å². The number of nitrogens with zero attached hydrogens (tertiary/aromatic N) is 3. The van der Waals surface area contributed by atoms with Gasteiger partial charge in [0.1, 0.15) is 5.69 Å². The second-order valence-electron chi connectivity index (χ2n) is 5.33. The number of hydrogen-bond donors (Lipinski definition) is 1. The Morgan fingerprint density at radius 1 is 1.52 bits per heavy atom. The van der Waals surface area contributed by atoms with Crippen LogP contribution in [0.15, 0.2) is 12.3 Å². The zero-order chi connectivity index (χ0) is 15.4. The van der Waals surface area contributed by atoms with Crippen molar-refractivity contribution >= 4 is 11.6 Å². The van der Waals surface area contributed by atoms with Crippen LogP contribution < -0.4 is 5.32 Å².